The van der Waals surface area contributed by atoms with Gasteiger partial charge in [-0.3, -0.25) is 4.79 Å². The van der Waals surface area contributed by atoms with Crippen molar-refractivity contribution < 1.29 is 39.8 Å². The molecule has 9 nitrogen and oxygen atoms in total. The summed E-state index contributed by atoms with van der Waals surface area (Å²) in [4.78, 5) is 12.9. The van der Waals surface area contributed by atoms with Crippen molar-refractivity contribution in [1.29, 1.82) is 0 Å². The summed E-state index contributed by atoms with van der Waals surface area (Å²) in [6.07, 6.45) is 25.4. The molecular formula is C40H79NO8. The van der Waals surface area contributed by atoms with E-state index in [4.69, 9.17) is 9.47 Å². The predicted octanol–water partition coefficient (Wildman–Crippen LogP) is 7.61. The van der Waals surface area contributed by atoms with Crippen LogP contribution in [0.1, 0.15) is 194 Å². The van der Waals surface area contributed by atoms with Crippen molar-refractivity contribution >= 4 is 5.91 Å². The minimum Gasteiger partial charge on any atom is -0.394 e. The largest absolute Gasteiger partial charge is 0.394 e. The van der Waals surface area contributed by atoms with Crippen LogP contribution in [0.4, 0.5) is 0 Å². The molecule has 1 rings (SSSR count). The monoisotopic (exact) mass is 702 g/mol. The highest BCUT2D eigenvalue weighted by Gasteiger charge is 2.44. The Morgan fingerprint density at radius 2 is 1.02 bits per heavy atom. The lowest BCUT2D eigenvalue weighted by molar-refractivity contribution is -0.302. The van der Waals surface area contributed by atoms with Gasteiger partial charge in [0.15, 0.2) is 6.29 Å². The first-order valence-electron chi connectivity index (χ1n) is 20.7. The third kappa shape index (κ3) is 23.4. The fourth-order valence-corrected chi connectivity index (χ4v) is 6.81. The Labute approximate surface area is 300 Å². The number of unbranched alkanes of at least 4 members (excludes halogenated alkanes) is 24. The topological polar surface area (TPSA) is 149 Å². The molecule has 7 atom stereocenters. The fourth-order valence-electron chi connectivity index (χ4n) is 6.81. The molecule has 0 aliphatic carbocycles. The van der Waals surface area contributed by atoms with E-state index in [1.807, 2.05) is 0 Å². The molecule has 0 aromatic rings. The second-order valence-corrected chi connectivity index (χ2v) is 14.8. The van der Waals surface area contributed by atoms with Crippen LogP contribution in [-0.2, 0) is 14.3 Å². The van der Waals surface area contributed by atoms with Gasteiger partial charge in [-0.2, -0.15) is 0 Å². The molecule has 0 bridgehead atoms. The molecular weight excluding hydrogens is 622 g/mol. The van der Waals surface area contributed by atoms with Crippen molar-refractivity contribution in [2.45, 2.75) is 236 Å². The number of aliphatic hydroxyl groups is 5. The molecule has 0 spiro atoms. The van der Waals surface area contributed by atoms with Gasteiger partial charge in [-0.1, -0.05) is 174 Å². The Bertz CT molecular complexity index is 741. The molecule has 0 aromatic heterocycles. The molecule has 6 N–H and O–H groups in total. The first-order valence-corrected chi connectivity index (χ1v) is 20.7. The second kappa shape index (κ2) is 31.9. The van der Waals surface area contributed by atoms with Crippen LogP contribution in [-0.4, -0.2) is 87.5 Å². The Kier molecular flexibility index (Phi) is 30.1. The number of ether oxygens (including phenoxy) is 2. The van der Waals surface area contributed by atoms with Gasteiger partial charge in [0.1, 0.15) is 24.4 Å². The number of rotatable bonds is 34. The van der Waals surface area contributed by atoms with Gasteiger partial charge in [0.25, 0.3) is 0 Å². The first kappa shape index (κ1) is 46.2. The molecule has 1 aliphatic heterocycles. The van der Waals surface area contributed by atoms with Crippen molar-refractivity contribution in [3.05, 3.63) is 0 Å². The lowest BCUT2D eigenvalue weighted by atomic mass is 9.99. The lowest BCUT2D eigenvalue weighted by Crippen LogP contribution is -2.60. The van der Waals surface area contributed by atoms with Gasteiger partial charge >= 0.3 is 0 Å². The Morgan fingerprint density at radius 1 is 0.612 bits per heavy atom. The van der Waals surface area contributed by atoms with Gasteiger partial charge in [0.05, 0.1) is 25.4 Å². The van der Waals surface area contributed by atoms with Gasteiger partial charge < -0.3 is 40.3 Å². The molecule has 1 saturated heterocycles. The van der Waals surface area contributed by atoms with Crippen molar-refractivity contribution in [3.8, 4) is 0 Å². The van der Waals surface area contributed by atoms with E-state index in [1.165, 1.54) is 128 Å². The van der Waals surface area contributed by atoms with Crippen molar-refractivity contribution in [2.24, 2.45) is 0 Å². The van der Waals surface area contributed by atoms with Crippen LogP contribution in [0, 0.1) is 0 Å². The summed E-state index contributed by atoms with van der Waals surface area (Å²) in [6.45, 7) is 3.81. The smallest absolute Gasteiger partial charge is 0.220 e. The summed E-state index contributed by atoms with van der Waals surface area (Å²) in [7, 11) is 0. The van der Waals surface area contributed by atoms with Crippen LogP contribution in [0.15, 0.2) is 0 Å². The summed E-state index contributed by atoms with van der Waals surface area (Å²) in [5.41, 5.74) is 0. The molecule has 1 heterocycles. The van der Waals surface area contributed by atoms with Gasteiger partial charge in [-0.15, -0.1) is 0 Å². The Balaban J connectivity index is 2.32. The van der Waals surface area contributed by atoms with Crippen LogP contribution in [0.2, 0.25) is 0 Å². The summed E-state index contributed by atoms with van der Waals surface area (Å²) in [6, 6.07) is -0.709. The third-order valence-corrected chi connectivity index (χ3v) is 10.2. The number of nitrogens with one attached hydrogen (secondary N) is 1. The Morgan fingerprint density at radius 3 is 1.45 bits per heavy atom. The molecule has 49 heavy (non-hydrogen) atoms. The normalized spacial score (nSPS) is 22.3. The number of carbonyl (C=O) groups excluding carboxylic acids is 1. The molecule has 9 heteroatoms. The predicted molar refractivity (Wildman–Crippen MR) is 198 cm³/mol. The van der Waals surface area contributed by atoms with Crippen LogP contribution in [0.25, 0.3) is 0 Å². The average Bonchev–Trinajstić information content (AvgIpc) is 3.10. The minimum atomic E-state index is -1.55. The number of amides is 1. The molecule has 1 amide bonds. The standard InChI is InChI=1S/C40H79NO8/c1-3-5-7-9-11-13-14-15-16-17-18-19-20-22-24-26-28-30-36(44)41-33(34(43)29-27-25-23-21-12-10-8-6-4-2)32-48-40-39(47)38(46)37(45)35(31-42)49-40/h33-35,37-40,42-43,45-47H,3-32H2,1-2H3,(H,41,44)/t33-,34+,35-,37-,38?,39?,40-/m0/s1. The molecule has 1 aliphatic rings. The maximum absolute atomic E-state index is 12.9. The number of hydrogen-bond donors (Lipinski definition) is 6. The molecule has 1 fully saturated rings. The van der Waals surface area contributed by atoms with E-state index in [-0.39, 0.29) is 12.5 Å². The van der Waals surface area contributed by atoms with E-state index in [1.54, 1.807) is 0 Å². The van der Waals surface area contributed by atoms with Crippen LogP contribution in [0.3, 0.4) is 0 Å². The van der Waals surface area contributed by atoms with Crippen LogP contribution in [0.5, 0.6) is 0 Å². The third-order valence-electron chi connectivity index (χ3n) is 10.2. The summed E-state index contributed by atoms with van der Waals surface area (Å²) < 4.78 is 11.2. The van der Waals surface area contributed by atoms with E-state index in [9.17, 15) is 30.3 Å². The number of hydrogen-bond acceptors (Lipinski definition) is 8. The quantitative estimate of drug-likeness (QED) is 0.0376. The summed E-state index contributed by atoms with van der Waals surface area (Å²) >= 11 is 0. The van der Waals surface area contributed by atoms with E-state index in [0.717, 1.165) is 38.5 Å². The van der Waals surface area contributed by atoms with Crippen LogP contribution < -0.4 is 5.32 Å². The molecule has 292 valence electrons. The zero-order valence-corrected chi connectivity index (χ0v) is 31.7. The van der Waals surface area contributed by atoms with Gasteiger partial charge in [-0.05, 0) is 12.8 Å². The van der Waals surface area contributed by atoms with Crippen molar-refractivity contribution in [3.63, 3.8) is 0 Å². The number of aliphatic hydroxyl groups excluding tert-OH is 5. The lowest BCUT2D eigenvalue weighted by Gasteiger charge is -2.40. The van der Waals surface area contributed by atoms with Gasteiger partial charge in [0.2, 0.25) is 5.91 Å². The van der Waals surface area contributed by atoms with E-state index in [0.29, 0.717) is 12.8 Å². The van der Waals surface area contributed by atoms with Crippen molar-refractivity contribution in [2.75, 3.05) is 13.2 Å². The highest BCUT2D eigenvalue weighted by molar-refractivity contribution is 5.76. The zero-order valence-electron chi connectivity index (χ0n) is 31.7. The van der Waals surface area contributed by atoms with Gasteiger partial charge in [-0.25, -0.2) is 0 Å². The average molecular weight is 702 g/mol. The first-order chi connectivity index (χ1) is 23.8. The molecule has 0 aromatic carbocycles. The van der Waals surface area contributed by atoms with Gasteiger partial charge in [0, 0.05) is 6.42 Å². The highest BCUT2D eigenvalue weighted by atomic mass is 16.7. The highest BCUT2D eigenvalue weighted by Crippen LogP contribution is 2.23. The second-order valence-electron chi connectivity index (χ2n) is 14.8. The molecule has 2 unspecified atom stereocenters. The Hall–Kier alpha value is -0.810. The maximum Gasteiger partial charge on any atom is 0.220 e. The van der Waals surface area contributed by atoms with E-state index in [2.05, 4.69) is 19.2 Å². The van der Waals surface area contributed by atoms with E-state index >= 15 is 0 Å². The maximum atomic E-state index is 12.9. The number of carbonyl (C=O) groups is 1. The minimum absolute atomic E-state index is 0.133. The van der Waals surface area contributed by atoms with Crippen molar-refractivity contribution in [1.82, 2.24) is 5.32 Å². The molecule has 0 radical (unpaired) electrons. The SMILES string of the molecule is CCCCCCCCCCCCCCCCCCCC(=O)N[C@@H](CO[C@H]1O[C@@H](CO)[C@H](O)C(O)C1O)[C@H](O)CCCCCCCCCCC. The summed E-state index contributed by atoms with van der Waals surface area (Å²) in [5, 5.41) is 54.0. The van der Waals surface area contributed by atoms with E-state index < -0.39 is 49.5 Å². The molecule has 0 saturated carbocycles. The van der Waals surface area contributed by atoms with Crippen LogP contribution >= 0.6 is 0 Å². The zero-order chi connectivity index (χ0) is 36.0. The summed E-state index contributed by atoms with van der Waals surface area (Å²) in [5.74, 6) is -0.144. The fraction of sp³-hybridized carbons (Fsp3) is 0.975.